The quantitative estimate of drug-likeness (QED) is 0.170. The van der Waals surface area contributed by atoms with Crippen molar-refractivity contribution < 1.29 is 8.78 Å². The van der Waals surface area contributed by atoms with E-state index >= 15 is 8.78 Å². The molecule has 4 heterocycles. The number of aromatic nitrogens is 4. The normalized spacial score (nSPS) is 12.0. The van der Waals surface area contributed by atoms with Crippen molar-refractivity contribution in [3.05, 3.63) is 230 Å². The topological polar surface area (TPSA) is 43.5 Å². The van der Waals surface area contributed by atoms with Gasteiger partial charge in [0, 0.05) is 60.5 Å². The van der Waals surface area contributed by atoms with Gasteiger partial charge in [0.25, 0.3) is 0 Å². The Hall–Kier alpha value is -9.25. The lowest BCUT2D eigenvalue weighted by Gasteiger charge is -2.19. The summed E-state index contributed by atoms with van der Waals surface area (Å²) in [5.41, 5.74) is 12.5. The Morgan fingerprint density at radius 2 is 0.588 bits per heavy atom. The molecule has 14 aromatic rings. The molecule has 0 saturated heterocycles. The Morgan fingerprint density at radius 3 is 0.941 bits per heavy atom. The van der Waals surface area contributed by atoms with Gasteiger partial charge in [-0.1, -0.05) is 109 Å². The highest BCUT2D eigenvalue weighted by Gasteiger charge is 2.24. The van der Waals surface area contributed by atoms with Crippen LogP contribution in [-0.2, 0) is 0 Å². The Balaban J connectivity index is 1.05. The van der Waals surface area contributed by atoms with Gasteiger partial charge in [-0.3, -0.25) is 0 Å². The van der Waals surface area contributed by atoms with Crippen molar-refractivity contribution in [1.29, 1.82) is 5.26 Å². The Morgan fingerprint density at radius 1 is 0.294 bits per heavy atom. The van der Waals surface area contributed by atoms with Crippen molar-refractivity contribution in [2.45, 2.75) is 0 Å². The highest BCUT2D eigenvalue weighted by molar-refractivity contribution is 6.14. The van der Waals surface area contributed by atoms with Crippen LogP contribution in [0.15, 0.2) is 212 Å². The summed E-state index contributed by atoms with van der Waals surface area (Å²) >= 11 is 0. The summed E-state index contributed by atoms with van der Waals surface area (Å²) < 4.78 is 39.4. The molecule has 318 valence electrons. The average Bonchev–Trinajstić information content (AvgIpc) is 4.10. The fraction of sp³-hybridized carbons (Fsp3) is 0. The smallest absolute Gasteiger partial charge is 0.126 e. The molecule has 14 rings (SSSR count). The largest absolute Gasteiger partial charge is 0.309 e. The molecule has 0 unspecified atom stereocenters. The van der Waals surface area contributed by atoms with E-state index in [9.17, 15) is 5.26 Å². The van der Waals surface area contributed by atoms with E-state index in [2.05, 4.69) is 182 Å². The van der Waals surface area contributed by atoms with E-state index in [1.807, 2.05) is 36.4 Å². The van der Waals surface area contributed by atoms with E-state index in [-0.39, 0.29) is 0 Å². The lowest BCUT2D eigenvalue weighted by atomic mass is 9.99. The lowest BCUT2D eigenvalue weighted by molar-refractivity contribution is 0.584. The van der Waals surface area contributed by atoms with E-state index in [0.29, 0.717) is 28.1 Å². The highest BCUT2D eigenvalue weighted by Crippen LogP contribution is 2.43. The SMILES string of the molecule is N#Cc1c(-n2c3ccccc3c3cc(-n4c5ccccc5c5ccccc54)ccc32)cc(-c2cc(F)cc(F)c2)cc1-n1c2ccccc2c2cc(-n3c4ccccc4c4ccccc43)ccc21. The molecule has 0 atom stereocenters. The lowest BCUT2D eigenvalue weighted by Crippen LogP contribution is -2.05. The molecule has 0 N–H and O–H groups in total. The van der Waals surface area contributed by atoms with Crippen molar-refractivity contribution in [2.24, 2.45) is 0 Å². The summed E-state index contributed by atoms with van der Waals surface area (Å²) in [5.74, 6) is -1.37. The molecule has 5 nitrogen and oxygen atoms in total. The van der Waals surface area contributed by atoms with E-state index in [1.54, 1.807) is 0 Å². The first-order chi connectivity index (χ1) is 33.5. The van der Waals surface area contributed by atoms with Gasteiger partial charge < -0.3 is 18.3 Å². The van der Waals surface area contributed by atoms with Crippen LogP contribution in [0.1, 0.15) is 5.56 Å². The molecule has 0 fully saturated rings. The fourth-order valence-electron chi connectivity index (χ4n) is 11.1. The maximum Gasteiger partial charge on any atom is 0.126 e. The van der Waals surface area contributed by atoms with Gasteiger partial charge in [0.1, 0.15) is 23.3 Å². The second-order valence-corrected chi connectivity index (χ2v) is 17.5. The van der Waals surface area contributed by atoms with Crippen molar-refractivity contribution in [3.63, 3.8) is 0 Å². The highest BCUT2D eigenvalue weighted by atomic mass is 19.1. The summed E-state index contributed by atoms with van der Waals surface area (Å²) in [6.07, 6.45) is 0. The van der Waals surface area contributed by atoms with Crippen LogP contribution >= 0.6 is 0 Å². The van der Waals surface area contributed by atoms with Crippen LogP contribution in [0.3, 0.4) is 0 Å². The van der Waals surface area contributed by atoms with Gasteiger partial charge >= 0.3 is 0 Å². The molecule has 0 aliphatic carbocycles. The third kappa shape index (κ3) is 5.40. The molecule has 68 heavy (non-hydrogen) atoms. The van der Waals surface area contributed by atoms with Gasteiger partial charge in [0.15, 0.2) is 0 Å². The van der Waals surface area contributed by atoms with E-state index in [1.165, 1.54) is 33.7 Å². The van der Waals surface area contributed by atoms with E-state index in [4.69, 9.17) is 0 Å². The summed E-state index contributed by atoms with van der Waals surface area (Å²) in [6.45, 7) is 0. The first kappa shape index (κ1) is 38.1. The predicted molar refractivity (Wildman–Crippen MR) is 274 cm³/mol. The number of nitrogens with zero attached hydrogens (tertiary/aromatic N) is 5. The Bertz CT molecular complexity index is 4120. The van der Waals surface area contributed by atoms with E-state index < -0.39 is 11.6 Å². The zero-order chi connectivity index (χ0) is 45.2. The van der Waals surface area contributed by atoms with Crippen LogP contribution in [0.4, 0.5) is 8.78 Å². The van der Waals surface area contributed by atoms with Crippen LogP contribution in [-0.4, -0.2) is 18.3 Å². The van der Waals surface area contributed by atoms with Gasteiger partial charge in [-0.2, -0.15) is 5.26 Å². The van der Waals surface area contributed by atoms with E-state index in [0.717, 1.165) is 83.1 Å². The van der Waals surface area contributed by atoms with Crippen molar-refractivity contribution >= 4 is 87.2 Å². The van der Waals surface area contributed by atoms with Crippen LogP contribution in [0, 0.1) is 23.0 Å². The maximum absolute atomic E-state index is 15.2. The van der Waals surface area contributed by atoms with Gasteiger partial charge in [0.05, 0.1) is 55.5 Å². The van der Waals surface area contributed by atoms with Crippen LogP contribution in [0.25, 0.3) is 121 Å². The second-order valence-electron chi connectivity index (χ2n) is 17.5. The summed E-state index contributed by atoms with van der Waals surface area (Å²) in [4.78, 5) is 0. The standard InChI is InChI=1S/C61H35F2N5/c62-39-29-37(30-40(63)33-39)38-31-60(67-56-23-11-5-17-47(56)49-34-41(25-27-58(49)67)65-52-19-7-1-13-43(52)44-14-2-8-20-53(44)65)51(36-64)61(32-38)68-57-24-12-6-18-48(57)50-35-42(26-28-59(50)68)66-54-21-9-3-15-45(54)46-16-4-10-22-55(46)66/h1-35H. The maximum atomic E-state index is 15.2. The number of fused-ring (bicyclic) bond motifs is 12. The number of para-hydroxylation sites is 6. The minimum Gasteiger partial charge on any atom is -0.309 e. The first-order valence-corrected chi connectivity index (χ1v) is 22.6. The number of benzene rings is 10. The molecule has 0 radical (unpaired) electrons. The molecule has 0 bridgehead atoms. The zero-order valence-electron chi connectivity index (χ0n) is 36.2. The number of rotatable bonds is 5. The first-order valence-electron chi connectivity index (χ1n) is 22.6. The Kier molecular flexibility index (Phi) is 8.05. The van der Waals surface area contributed by atoms with Gasteiger partial charge in [0.2, 0.25) is 0 Å². The number of nitriles is 1. The molecule has 0 aliphatic heterocycles. The predicted octanol–water partition coefficient (Wildman–Crippen LogP) is 15.9. The molecular weight excluding hydrogens is 841 g/mol. The fourth-order valence-corrected chi connectivity index (χ4v) is 11.1. The third-order valence-electron chi connectivity index (χ3n) is 13.9. The summed E-state index contributed by atoms with van der Waals surface area (Å²) in [5, 5.41) is 20.3. The average molecular weight is 876 g/mol. The molecule has 4 aromatic heterocycles. The molecule has 0 saturated carbocycles. The molecule has 0 amide bonds. The third-order valence-corrected chi connectivity index (χ3v) is 13.9. The number of hydrogen-bond donors (Lipinski definition) is 0. The van der Waals surface area contributed by atoms with Crippen LogP contribution in [0.5, 0.6) is 0 Å². The Labute approximate surface area is 387 Å². The zero-order valence-corrected chi connectivity index (χ0v) is 36.2. The minimum absolute atomic E-state index is 0.360. The minimum atomic E-state index is -0.684. The second kappa shape index (κ2) is 14.4. The van der Waals surface area contributed by atoms with Gasteiger partial charge in [-0.15, -0.1) is 0 Å². The summed E-state index contributed by atoms with van der Waals surface area (Å²) in [6, 6.07) is 73.4. The molecule has 10 aromatic carbocycles. The number of halogens is 2. The summed E-state index contributed by atoms with van der Waals surface area (Å²) in [7, 11) is 0. The van der Waals surface area contributed by atoms with Crippen molar-refractivity contribution in [1.82, 2.24) is 18.3 Å². The van der Waals surface area contributed by atoms with Crippen LogP contribution in [0.2, 0.25) is 0 Å². The van der Waals surface area contributed by atoms with Crippen molar-refractivity contribution in [3.8, 4) is 39.9 Å². The van der Waals surface area contributed by atoms with Gasteiger partial charge in [-0.25, -0.2) is 8.78 Å². The monoisotopic (exact) mass is 875 g/mol. The molecule has 0 spiro atoms. The molecule has 0 aliphatic rings. The molecular formula is C61H35F2N5. The molecule has 7 heteroatoms. The number of hydrogen-bond acceptors (Lipinski definition) is 1. The van der Waals surface area contributed by atoms with Crippen molar-refractivity contribution in [2.75, 3.05) is 0 Å². The van der Waals surface area contributed by atoms with Crippen LogP contribution < -0.4 is 0 Å². The van der Waals surface area contributed by atoms with Gasteiger partial charge in [-0.05, 0) is 108 Å².